The van der Waals surface area contributed by atoms with E-state index in [2.05, 4.69) is 31.2 Å². The van der Waals surface area contributed by atoms with Gasteiger partial charge in [-0.3, -0.25) is 9.78 Å². The molecule has 7 rings (SSSR count). The number of hydrogen-bond donors (Lipinski definition) is 2. The largest absolute Gasteiger partial charge is 0.508 e. The Morgan fingerprint density at radius 1 is 1.17 bits per heavy atom. The molecular formula is C37H33F4N7O4. The Labute approximate surface area is 295 Å². The molecule has 0 aliphatic carbocycles. The highest BCUT2D eigenvalue weighted by molar-refractivity contribution is 6.03. The van der Waals surface area contributed by atoms with Gasteiger partial charge in [0.05, 0.1) is 23.8 Å². The summed E-state index contributed by atoms with van der Waals surface area (Å²) in [5, 5.41) is 14.4. The number of anilines is 1. The lowest BCUT2D eigenvalue weighted by Crippen LogP contribution is -2.49. The molecule has 2 fully saturated rings. The van der Waals surface area contributed by atoms with E-state index in [4.69, 9.17) is 15.6 Å². The van der Waals surface area contributed by atoms with E-state index in [1.54, 1.807) is 4.90 Å². The van der Waals surface area contributed by atoms with Crippen LogP contribution in [-0.2, 0) is 4.79 Å². The van der Waals surface area contributed by atoms with E-state index in [0.717, 1.165) is 12.5 Å². The molecule has 2 saturated heterocycles. The molecule has 0 saturated carbocycles. The maximum absolute atomic E-state index is 16.8. The predicted octanol–water partition coefficient (Wildman–Crippen LogP) is 5.56. The van der Waals surface area contributed by atoms with Gasteiger partial charge in [-0.2, -0.15) is 9.97 Å². The summed E-state index contributed by atoms with van der Waals surface area (Å²) in [4.78, 5) is 33.2. The summed E-state index contributed by atoms with van der Waals surface area (Å²) < 4.78 is 71.9. The van der Waals surface area contributed by atoms with E-state index in [-0.39, 0.29) is 108 Å². The van der Waals surface area contributed by atoms with E-state index in [9.17, 15) is 23.1 Å². The second-order valence-electron chi connectivity index (χ2n) is 12.7. The molecular weight excluding hydrogens is 682 g/mol. The van der Waals surface area contributed by atoms with Crippen LogP contribution >= 0.6 is 0 Å². The number of fused-ring (bicyclic) bond motifs is 2. The van der Waals surface area contributed by atoms with E-state index >= 15 is 4.39 Å². The maximum atomic E-state index is 16.8. The quantitative estimate of drug-likeness (QED) is 0.126. The van der Waals surface area contributed by atoms with Gasteiger partial charge in [0, 0.05) is 55.9 Å². The van der Waals surface area contributed by atoms with Crippen molar-refractivity contribution in [1.82, 2.24) is 30.2 Å². The lowest BCUT2D eigenvalue weighted by molar-refractivity contribution is -0.128. The van der Waals surface area contributed by atoms with Crippen LogP contribution in [0.25, 0.3) is 39.0 Å². The van der Waals surface area contributed by atoms with Crippen molar-refractivity contribution < 1.29 is 36.6 Å². The molecule has 2 aromatic carbocycles. The second-order valence-corrected chi connectivity index (χ2v) is 12.7. The van der Waals surface area contributed by atoms with Crippen LogP contribution in [-0.4, -0.2) is 87.9 Å². The van der Waals surface area contributed by atoms with Crippen molar-refractivity contribution in [2.75, 3.05) is 50.8 Å². The average Bonchev–Trinajstić information content (AvgIpc) is 3.65. The number of amides is 1. The number of halogens is 4. The number of rotatable bonds is 7. The molecule has 2 atom stereocenters. The number of benzene rings is 2. The Morgan fingerprint density at radius 3 is 2.77 bits per heavy atom. The van der Waals surface area contributed by atoms with Crippen LogP contribution in [0.5, 0.6) is 11.8 Å². The molecule has 2 N–H and O–H groups in total. The van der Waals surface area contributed by atoms with Gasteiger partial charge in [0.2, 0.25) is 5.89 Å². The number of pyridine rings is 1. The molecule has 2 aliphatic heterocycles. The van der Waals surface area contributed by atoms with Crippen molar-refractivity contribution in [2.45, 2.75) is 25.4 Å². The number of terminal acetylenes is 1. The minimum Gasteiger partial charge on any atom is -0.508 e. The number of nitrogens with one attached hydrogen (secondary N) is 1. The number of phenolic OH excluding ortho intramolecular Hbond substituents is 1. The van der Waals surface area contributed by atoms with Crippen LogP contribution in [0.1, 0.15) is 30.7 Å². The number of ether oxygens (including phenoxy) is 1. The minimum absolute atomic E-state index is 0.0455. The molecule has 11 nitrogen and oxygen atoms in total. The van der Waals surface area contributed by atoms with Crippen molar-refractivity contribution in [2.24, 2.45) is 5.92 Å². The van der Waals surface area contributed by atoms with Gasteiger partial charge in [-0.05, 0) is 55.3 Å². The summed E-state index contributed by atoms with van der Waals surface area (Å²) in [6.45, 7) is 1.60. The molecule has 0 spiro atoms. The Kier molecular flexibility index (Phi) is 9.90. The monoisotopic (exact) mass is 715 g/mol. The van der Waals surface area contributed by atoms with Crippen molar-refractivity contribution >= 4 is 39.5 Å². The van der Waals surface area contributed by atoms with Gasteiger partial charge in [0.25, 0.3) is 5.91 Å². The van der Waals surface area contributed by atoms with Crippen LogP contribution in [0.15, 0.2) is 53.2 Å². The molecule has 15 heteroatoms. The maximum Gasteiger partial charge on any atom is 0.319 e. The van der Waals surface area contributed by atoms with Crippen LogP contribution < -0.4 is 15.0 Å². The van der Waals surface area contributed by atoms with Crippen LogP contribution in [0.3, 0.4) is 0 Å². The molecule has 2 aliphatic rings. The highest BCUT2D eigenvalue weighted by Crippen LogP contribution is 2.39. The molecule has 52 heavy (non-hydrogen) atoms. The third kappa shape index (κ3) is 7.06. The summed E-state index contributed by atoms with van der Waals surface area (Å²) >= 11 is 0. The van der Waals surface area contributed by atoms with E-state index < -0.39 is 29.5 Å². The summed E-state index contributed by atoms with van der Waals surface area (Å²) in [6, 6.07) is 5.07. The number of phenols is 1. The lowest BCUT2D eigenvalue weighted by Gasteiger charge is -2.35. The normalized spacial score (nSPS) is 18.6. The Bertz CT molecular complexity index is 2200. The van der Waals surface area contributed by atoms with Gasteiger partial charge in [0.15, 0.2) is 11.6 Å². The van der Waals surface area contributed by atoms with Gasteiger partial charge in [-0.15, -0.1) is 6.42 Å². The van der Waals surface area contributed by atoms with E-state index in [1.165, 1.54) is 47.8 Å². The zero-order valence-corrected chi connectivity index (χ0v) is 27.8. The van der Waals surface area contributed by atoms with Crippen LogP contribution in [0, 0.1) is 29.9 Å². The zero-order valence-electron chi connectivity index (χ0n) is 27.8. The first-order valence-electron chi connectivity index (χ1n) is 16.8. The van der Waals surface area contributed by atoms with Crippen LogP contribution in [0.2, 0.25) is 0 Å². The summed E-state index contributed by atoms with van der Waals surface area (Å²) in [5.41, 5.74) is -0.499. The second kappa shape index (κ2) is 14.8. The first kappa shape index (κ1) is 34.7. The Balaban J connectivity index is 1.26. The van der Waals surface area contributed by atoms with Crippen molar-refractivity contribution in [1.29, 1.82) is 0 Å². The lowest BCUT2D eigenvalue weighted by atomic mass is 9.96. The first-order valence-corrected chi connectivity index (χ1v) is 16.8. The molecule has 1 amide bonds. The molecule has 5 heterocycles. The standard InChI is InChI=1S/C37H33F4N7O4/c1-2-25-28(39)6-5-22-15-24(49)16-26(31(22)25)33-32(41)34-27(19-44-33)35(46-37(45-34)52-20-21-4-3-7-42-18-23(38)14-21)47-9-11-48(12-10-47)36(50)29(40)17-30-43-8-13-51-30/h1,5-6,8,13,15-17,19,21,23,42,49H,3-4,7,9-12,14,18,20H2/b29-17-/t21-,23-/m1/s1. The summed E-state index contributed by atoms with van der Waals surface area (Å²) in [6.07, 6.45) is 11.3. The number of carbonyl (C=O) groups is 1. The Morgan fingerprint density at radius 2 is 2.00 bits per heavy atom. The van der Waals surface area contributed by atoms with Crippen molar-refractivity contribution in [3.05, 3.63) is 71.8 Å². The number of hydrogen-bond acceptors (Lipinski definition) is 10. The number of alkyl halides is 1. The average molecular weight is 716 g/mol. The van der Waals surface area contributed by atoms with Gasteiger partial charge in [-0.1, -0.05) is 12.0 Å². The third-order valence-electron chi connectivity index (χ3n) is 9.24. The first-order chi connectivity index (χ1) is 25.2. The van der Waals surface area contributed by atoms with Gasteiger partial charge in [0.1, 0.15) is 41.0 Å². The number of oxazole rings is 1. The van der Waals surface area contributed by atoms with Crippen molar-refractivity contribution in [3.8, 4) is 35.4 Å². The fourth-order valence-electron chi connectivity index (χ4n) is 6.70. The van der Waals surface area contributed by atoms with Gasteiger partial charge < -0.3 is 29.4 Å². The molecule has 268 valence electrons. The van der Waals surface area contributed by atoms with E-state index in [0.29, 0.717) is 18.4 Å². The zero-order chi connectivity index (χ0) is 36.4. The number of aromatic hydroxyl groups is 1. The van der Waals surface area contributed by atoms with Crippen LogP contribution in [0.4, 0.5) is 23.4 Å². The fraction of sp³-hybridized carbons (Fsp3) is 0.324. The SMILES string of the molecule is C#Cc1c(F)ccc2cc(O)cc(-c3ncc4c(N5CCN(C(=O)/C(F)=C/c6ncco6)CC5)nc(OC[C@@H]5CCCNC[C@H](F)C5)nc4c3F)c12. The smallest absolute Gasteiger partial charge is 0.319 e. The number of piperazine rings is 1. The van der Waals surface area contributed by atoms with Crippen molar-refractivity contribution in [3.63, 3.8) is 0 Å². The Hall–Kier alpha value is -5.75. The fourth-order valence-corrected chi connectivity index (χ4v) is 6.70. The predicted molar refractivity (Wildman–Crippen MR) is 185 cm³/mol. The molecule has 0 radical (unpaired) electrons. The van der Waals surface area contributed by atoms with Gasteiger partial charge >= 0.3 is 6.01 Å². The molecule has 3 aromatic heterocycles. The molecule has 0 unspecified atom stereocenters. The summed E-state index contributed by atoms with van der Waals surface area (Å²) in [5.74, 6) is -1.30. The summed E-state index contributed by atoms with van der Waals surface area (Å²) in [7, 11) is 0. The number of nitrogens with zero attached hydrogens (tertiary/aromatic N) is 6. The molecule has 5 aromatic rings. The topological polar surface area (TPSA) is 130 Å². The van der Waals surface area contributed by atoms with Gasteiger partial charge in [-0.25, -0.2) is 22.5 Å². The minimum atomic E-state index is -1.06. The highest BCUT2D eigenvalue weighted by atomic mass is 19.1. The highest BCUT2D eigenvalue weighted by Gasteiger charge is 2.29. The third-order valence-corrected chi connectivity index (χ3v) is 9.24. The number of aromatic nitrogens is 4. The van der Waals surface area contributed by atoms with E-state index in [1.807, 2.05) is 0 Å². The number of carbonyl (C=O) groups excluding carboxylic acids is 1. The molecule has 0 bridgehead atoms.